The van der Waals surface area contributed by atoms with Crippen molar-refractivity contribution in [1.29, 1.82) is 0 Å². The van der Waals surface area contributed by atoms with Gasteiger partial charge in [0.1, 0.15) is 0 Å². The summed E-state index contributed by atoms with van der Waals surface area (Å²) in [4.78, 5) is 35.2. The number of benzene rings is 1. The molecule has 1 aromatic carbocycles. The Morgan fingerprint density at radius 2 is 2.04 bits per heavy atom. The van der Waals surface area contributed by atoms with E-state index in [9.17, 15) is 14.4 Å². The average Bonchev–Trinajstić information content (AvgIpc) is 2.96. The quantitative estimate of drug-likeness (QED) is 0.642. The zero-order chi connectivity index (χ0) is 18.5. The van der Waals surface area contributed by atoms with E-state index in [1.165, 1.54) is 9.08 Å². The van der Waals surface area contributed by atoms with E-state index in [1.807, 2.05) is 12.1 Å². The Balaban J connectivity index is 1.71. The molecule has 0 radical (unpaired) electrons. The minimum absolute atomic E-state index is 0.152. The molecule has 0 aliphatic carbocycles. The Labute approximate surface area is 148 Å². The third-order valence-corrected chi connectivity index (χ3v) is 3.64. The third-order valence-electron chi connectivity index (χ3n) is 3.64. The molecule has 0 saturated heterocycles. The van der Waals surface area contributed by atoms with E-state index in [4.69, 9.17) is 0 Å². The molecule has 0 atom stereocenters. The van der Waals surface area contributed by atoms with Gasteiger partial charge >= 0.3 is 5.69 Å². The number of aromatic nitrogens is 3. The largest absolute Gasteiger partial charge is 0.350 e. The first kappa shape index (κ1) is 17.2. The molecule has 3 rings (SSSR count). The second-order valence-electron chi connectivity index (χ2n) is 5.54. The molecule has 26 heavy (non-hydrogen) atoms. The lowest BCUT2D eigenvalue weighted by Crippen LogP contribution is -2.31. The zero-order valence-electron chi connectivity index (χ0n) is 13.9. The molecule has 3 aromatic rings. The van der Waals surface area contributed by atoms with Crippen LogP contribution in [0.15, 0.2) is 66.1 Å². The van der Waals surface area contributed by atoms with E-state index in [-0.39, 0.29) is 24.7 Å². The molecule has 0 aliphatic heterocycles. The Morgan fingerprint density at radius 3 is 2.81 bits per heavy atom. The van der Waals surface area contributed by atoms with Crippen LogP contribution in [0.1, 0.15) is 5.56 Å². The van der Waals surface area contributed by atoms with Gasteiger partial charge in [-0.25, -0.2) is 9.48 Å². The number of hydrogen-bond acceptors (Lipinski definition) is 4. The van der Waals surface area contributed by atoms with Crippen molar-refractivity contribution >= 4 is 23.1 Å². The van der Waals surface area contributed by atoms with Crippen LogP contribution in [0.4, 0.5) is 5.69 Å². The minimum Gasteiger partial charge on any atom is -0.343 e. The van der Waals surface area contributed by atoms with E-state index in [0.717, 1.165) is 11.6 Å². The van der Waals surface area contributed by atoms with Gasteiger partial charge in [0, 0.05) is 11.9 Å². The number of carbonyl (C=O) groups is 2. The maximum absolute atomic E-state index is 12.3. The first-order valence-electron chi connectivity index (χ1n) is 7.90. The smallest absolute Gasteiger partial charge is 0.343 e. The highest BCUT2D eigenvalue weighted by molar-refractivity contribution is 5.96. The van der Waals surface area contributed by atoms with E-state index < -0.39 is 5.91 Å². The number of nitrogens with one attached hydrogen (secondary N) is 2. The average molecular weight is 351 g/mol. The Morgan fingerprint density at radius 1 is 1.19 bits per heavy atom. The van der Waals surface area contributed by atoms with Gasteiger partial charge < -0.3 is 10.6 Å². The second-order valence-corrected chi connectivity index (χ2v) is 5.54. The fraction of sp³-hybridized carbons (Fsp3) is 0.111. The van der Waals surface area contributed by atoms with Crippen LogP contribution >= 0.6 is 0 Å². The molecule has 132 valence electrons. The Hall–Kier alpha value is -3.68. The third kappa shape index (κ3) is 3.86. The molecule has 0 bridgehead atoms. The summed E-state index contributed by atoms with van der Waals surface area (Å²) in [5, 5.41) is 9.37. The topological polar surface area (TPSA) is 97.5 Å². The van der Waals surface area contributed by atoms with Gasteiger partial charge in [-0.15, -0.1) is 5.10 Å². The Bertz CT molecular complexity index is 1030. The van der Waals surface area contributed by atoms with Crippen molar-refractivity contribution in [2.45, 2.75) is 6.54 Å². The van der Waals surface area contributed by atoms with Crippen molar-refractivity contribution in [2.24, 2.45) is 0 Å². The molecule has 2 N–H and O–H groups in total. The molecule has 2 heterocycles. The number of anilines is 1. The van der Waals surface area contributed by atoms with E-state index in [1.54, 1.807) is 36.5 Å². The van der Waals surface area contributed by atoms with Gasteiger partial charge in [-0.1, -0.05) is 24.8 Å². The van der Waals surface area contributed by atoms with Gasteiger partial charge in [0.25, 0.3) is 0 Å². The second kappa shape index (κ2) is 7.47. The van der Waals surface area contributed by atoms with Crippen LogP contribution < -0.4 is 16.3 Å². The molecular formula is C18H17N5O3. The molecule has 8 nitrogen and oxygen atoms in total. The summed E-state index contributed by atoms with van der Waals surface area (Å²) in [7, 11) is 0. The maximum Gasteiger partial charge on any atom is 0.350 e. The van der Waals surface area contributed by atoms with Gasteiger partial charge in [0.15, 0.2) is 5.65 Å². The molecule has 2 aromatic heterocycles. The zero-order valence-corrected chi connectivity index (χ0v) is 13.9. The summed E-state index contributed by atoms with van der Waals surface area (Å²) in [5.74, 6) is -0.776. The first-order chi connectivity index (χ1) is 12.6. The van der Waals surface area contributed by atoms with Crippen LogP contribution in [-0.2, 0) is 16.1 Å². The van der Waals surface area contributed by atoms with Crippen molar-refractivity contribution in [2.75, 3.05) is 11.9 Å². The van der Waals surface area contributed by atoms with Crippen molar-refractivity contribution in [3.8, 4) is 0 Å². The molecule has 0 spiro atoms. The normalized spacial score (nSPS) is 10.5. The van der Waals surface area contributed by atoms with Gasteiger partial charge in [-0.2, -0.15) is 0 Å². The van der Waals surface area contributed by atoms with Gasteiger partial charge in [-0.05, 0) is 35.9 Å². The standard InChI is InChI=1S/C18H17N5O3/c1-2-16(24)19-11-17(25)20-14-7-5-6-13(10-14)12-23-18(26)22-9-4-3-8-15(22)21-23/h2-10H,1,11-12H2,(H,19,24)(H,20,25). The number of pyridine rings is 1. The number of rotatable bonds is 6. The summed E-state index contributed by atoms with van der Waals surface area (Å²) in [6.45, 7) is 3.44. The van der Waals surface area contributed by atoms with E-state index in [2.05, 4.69) is 22.3 Å². The van der Waals surface area contributed by atoms with E-state index in [0.29, 0.717) is 11.3 Å². The van der Waals surface area contributed by atoms with Crippen LogP contribution in [0.2, 0.25) is 0 Å². The van der Waals surface area contributed by atoms with Crippen molar-refractivity contribution in [1.82, 2.24) is 19.5 Å². The highest BCUT2D eigenvalue weighted by Gasteiger charge is 2.08. The maximum atomic E-state index is 12.3. The molecular weight excluding hydrogens is 334 g/mol. The van der Waals surface area contributed by atoms with Crippen LogP contribution in [-0.4, -0.2) is 32.5 Å². The highest BCUT2D eigenvalue weighted by Crippen LogP contribution is 2.11. The molecule has 0 fully saturated rings. The van der Waals surface area contributed by atoms with Crippen molar-refractivity contribution < 1.29 is 9.59 Å². The monoisotopic (exact) mass is 351 g/mol. The van der Waals surface area contributed by atoms with Crippen molar-refractivity contribution in [3.05, 3.63) is 77.4 Å². The fourth-order valence-electron chi connectivity index (χ4n) is 2.44. The summed E-state index contributed by atoms with van der Waals surface area (Å²) in [5.41, 5.74) is 1.71. The Kier molecular flexibility index (Phi) is 4.93. The predicted octanol–water partition coefficient (Wildman–Crippen LogP) is 0.785. The molecule has 0 aliphatic rings. The lowest BCUT2D eigenvalue weighted by molar-refractivity contribution is -0.121. The van der Waals surface area contributed by atoms with Gasteiger partial charge in [-0.3, -0.25) is 14.0 Å². The van der Waals surface area contributed by atoms with Gasteiger partial charge in [0.05, 0.1) is 13.1 Å². The number of fused-ring (bicyclic) bond motifs is 1. The van der Waals surface area contributed by atoms with Crippen LogP contribution in [0, 0.1) is 0 Å². The SMILES string of the molecule is C=CC(=O)NCC(=O)Nc1cccc(Cn2nc3ccccn3c2=O)c1. The fourth-order valence-corrected chi connectivity index (χ4v) is 2.44. The minimum atomic E-state index is -0.417. The number of amides is 2. The van der Waals surface area contributed by atoms with Crippen molar-refractivity contribution in [3.63, 3.8) is 0 Å². The first-order valence-corrected chi connectivity index (χ1v) is 7.90. The molecule has 8 heteroatoms. The van der Waals surface area contributed by atoms with Crippen LogP contribution in [0.5, 0.6) is 0 Å². The predicted molar refractivity (Wildman–Crippen MR) is 96.8 cm³/mol. The number of nitrogens with zero attached hydrogens (tertiary/aromatic N) is 3. The lowest BCUT2D eigenvalue weighted by atomic mass is 10.2. The molecule has 0 saturated carbocycles. The number of hydrogen-bond donors (Lipinski definition) is 2. The summed E-state index contributed by atoms with van der Waals surface area (Å²) in [6, 6.07) is 12.4. The molecule has 0 unspecified atom stereocenters. The van der Waals surface area contributed by atoms with Crippen LogP contribution in [0.3, 0.4) is 0 Å². The lowest BCUT2D eigenvalue weighted by Gasteiger charge is -2.07. The van der Waals surface area contributed by atoms with E-state index >= 15 is 0 Å². The highest BCUT2D eigenvalue weighted by atomic mass is 16.2. The summed E-state index contributed by atoms with van der Waals surface area (Å²) < 4.78 is 2.83. The summed E-state index contributed by atoms with van der Waals surface area (Å²) in [6.07, 6.45) is 2.76. The van der Waals surface area contributed by atoms with Gasteiger partial charge in [0.2, 0.25) is 11.8 Å². The summed E-state index contributed by atoms with van der Waals surface area (Å²) >= 11 is 0. The number of carbonyl (C=O) groups excluding carboxylic acids is 2. The van der Waals surface area contributed by atoms with Crippen LogP contribution in [0.25, 0.3) is 5.65 Å². The molecule has 2 amide bonds.